The first kappa shape index (κ1) is 17.9. The summed E-state index contributed by atoms with van der Waals surface area (Å²) in [5.41, 5.74) is 0.951. The van der Waals surface area contributed by atoms with Gasteiger partial charge in [-0.2, -0.15) is 0 Å². The summed E-state index contributed by atoms with van der Waals surface area (Å²) in [4.78, 5) is 11.4. The van der Waals surface area contributed by atoms with Crippen LogP contribution in [-0.4, -0.2) is 14.2 Å². The van der Waals surface area contributed by atoms with Crippen LogP contribution < -0.4 is 4.72 Å². The molecule has 0 aromatic heterocycles. The molecule has 0 fully saturated rings. The highest BCUT2D eigenvalue weighted by atomic mass is 35.5. The lowest BCUT2D eigenvalue weighted by Crippen LogP contribution is -2.27. The Labute approximate surface area is 145 Å². The van der Waals surface area contributed by atoms with Crippen LogP contribution in [0, 0.1) is 0 Å². The van der Waals surface area contributed by atoms with E-state index >= 15 is 0 Å². The summed E-state index contributed by atoms with van der Waals surface area (Å²) < 4.78 is 27.5. The van der Waals surface area contributed by atoms with Crippen molar-refractivity contribution in [3.63, 3.8) is 0 Å². The minimum Gasteiger partial charge on any atom is -0.295 e. The summed E-state index contributed by atoms with van der Waals surface area (Å²) in [6.07, 6.45) is 0. The van der Waals surface area contributed by atoms with Gasteiger partial charge in [0, 0.05) is 21.7 Å². The first-order chi connectivity index (χ1) is 10.7. The van der Waals surface area contributed by atoms with Crippen LogP contribution in [0.2, 0.25) is 10.0 Å². The van der Waals surface area contributed by atoms with Crippen molar-refractivity contribution in [3.8, 4) is 0 Å². The van der Waals surface area contributed by atoms with Gasteiger partial charge in [-0.25, -0.2) is 13.1 Å². The zero-order chi connectivity index (χ0) is 17.2. The van der Waals surface area contributed by atoms with Crippen molar-refractivity contribution in [1.82, 2.24) is 4.72 Å². The van der Waals surface area contributed by atoms with Gasteiger partial charge in [0.05, 0.1) is 4.90 Å². The van der Waals surface area contributed by atoms with Crippen LogP contribution >= 0.6 is 23.2 Å². The van der Waals surface area contributed by atoms with Crippen molar-refractivity contribution in [2.24, 2.45) is 0 Å². The van der Waals surface area contributed by atoms with Crippen LogP contribution in [0.4, 0.5) is 0 Å². The van der Waals surface area contributed by atoms with Crippen LogP contribution in [0.15, 0.2) is 47.4 Å². The van der Waals surface area contributed by atoms with Gasteiger partial charge in [0.25, 0.3) is 0 Å². The summed E-state index contributed by atoms with van der Waals surface area (Å²) in [5.74, 6) is -0.198. The Morgan fingerprint density at radius 3 is 2.43 bits per heavy atom. The Bertz CT molecular complexity index is 850. The first-order valence-corrected chi connectivity index (χ1v) is 9.03. The minimum absolute atomic E-state index is 0.0298. The average Bonchev–Trinajstić information content (AvgIpc) is 2.46. The molecule has 0 saturated carbocycles. The number of ketones is 1. The summed E-state index contributed by atoms with van der Waals surface area (Å²) >= 11 is 11.9. The fraction of sp³-hybridized carbons (Fsp3) is 0.188. The molecule has 0 bridgehead atoms. The fourth-order valence-corrected chi connectivity index (χ4v) is 3.94. The van der Waals surface area contributed by atoms with Gasteiger partial charge in [-0.15, -0.1) is 0 Å². The van der Waals surface area contributed by atoms with E-state index in [1.54, 1.807) is 31.2 Å². The van der Waals surface area contributed by atoms with Crippen LogP contribution in [-0.2, 0) is 10.0 Å². The van der Waals surface area contributed by atoms with E-state index in [2.05, 4.69) is 4.72 Å². The molecule has 0 radical (unpaired) electrons. The summed E-state index contributed by atoms with van der Waals surface area (Å²) in [7, 11) is -3.78. The second kappa shape index (κ2) is 7.01. The molecule has 2 rings (SSSR count). The number of sulfonamides is 1. The Kier molecular flexibility index (Phi) is 5.47. The van der Waals surface area contributed by atoms with Gasteiger partial charge < -0.3 is 0 Å². The summed E-state index contributed by atoms with van der Waals surface area (Å²) in [5, 5.41) is 0.855. The van der Waals surface area contributed by atoms with Crippen LogP contribution in [0.25, 0.3) is 0 Å². The van der Waals surface area contributed by atoms with Gasteiger partial charge in [0.2, 0.25) is 10.0 Å². The van der Waals surface area contributed by atoms with Crippen molar-refractivity contribution >= 4 is 39.0 Å². The number of carbonyl (C=O) groups is 1. The van der Waals surface area contributed by atoms with E-state index in [9.17, 15) is 13.2 Å². The highest BCUT2D eigenvalue weighted by Crippen LogP contribution is 2.27. The Morgan fingerprint density at radius 2 is 1.83 bits per heavy atom. The molecule has 0 amide bonds. The molecule has 2 aromatic carbocycles. The molecule has 0 unspecified atom stereocenters. The largest absolute Gasteiger partial charge is 0.295 e. The van der Waals surface area contributed by atoms with Gasteiger partial charge in [-0.1, -0.05) is 41.4 Å². The van der Waals surface area contributed by atoms with E-state index in [0.717, 1.165) is 0 Å². The second-order valence-corrected chi connectivity index (χ2v) is 7.65. The minimum atomic E-state index is -3.78. The molecule has 7 heteroatoms. The van der Waals surface area contributed by atoms with Gasteiger partial charge in [-0.3, -0.25) is 4.79 Å². The van der Waals surface area contributed by atoms with Crippen molar-refractivity contribution in [2.45, 2.75) is 24.8 Å². The Balaban J connectivity index is 2.30. The smallest absolute Gasteiger partial charge is 0.241 e. The topological polar surface area (TPSA) is 63.2 Å². The third-order valence-corrected chi connectivity index (χ3v) is 5.41. The van der Waals surface area contributed by atoms with Gasteiger partial charge in [0.15, 0.2) is 5.78 Å². The molecule has 122 valence electrons. The zero-order valence-electron chi connectivity index (χ0n) is 12.5. The molecule has 1 N–H and O–H groups in total. The summed E-state index contributed by atoms with van der Waals surface area (Å²) in [6.45, 7) is 3.07. The van der Waals surface area contributed by atoms with Crippen LogP contribution in [0.1, 0.15) is 35.8 Å². The average molecular weight is 372 g/mol. The Morgan fingerprint density at radius 1 is 1.13 bits per heavy atom. The number of rotatable bonds is 5. The van der Waals surface area contributed by atoms with Gasteiger partial charge in [0.1, 0.15) is 0 Å². The number of halogens is 2. The highest BCUT2D eigenvalue weighted by molar-refractivity contribution is 7.89. The van der Waals surface area contributed by atoms with Crippen LogP contribution in [0.5, 0.6) is 0 Å². The first-order valence-electron chi connectivity index (χ1n) is 6.79. The van der Waals surface area contributed by atoms with E-state index < -0.39 is 16.1 Å². The predicted octanol–water partition coefficient (Wildman–Crippen LogP) is 4.24. The lowest BCUT2D eigenvalue weighted by Gasteiger charge is -2.16. The molecule has 2 aromatic rings. The molecule has 0 saturated heterocycles. The monoisotopic (exact) mass is 371 g/mol. The van der Waals surface area contributed by atoms with E-state index in [-0.39, 0.29) is 10.7 Å². The molecule has 0 aliphatic carbocycles. The summed E-state index contributed by atoms with van der Waals surface area (Å²) in [6, 6.07) is 10.2. The number of benzene rings is 2. The number of Topliss-reactive ketones (excluding diaryl/α,β-unsaturated/α-hetero) is 1. The van der Waals surface area contributed by atoms with E-state index in [1.165, 1.54) is 25.1 Å². The molecular weight excluding hydrogens is 357 g/mol. The van der Waals surface area contributed by atoms with E-state index in [4.69, 9.17) is 23.2 Å². The third kappa shape index (κ3) is 4.32. The Hall–Kier alpha value is -1.40. The lowest BCUT2D eigenvalue weighted by atomic mass is 10.1. The quantitative estimate of drug-likeness (QED) is 0.799. The maximum Gasteiger partial charge on any atom is 0.241 e. The van der Waals surface area contributed by atoms with Crippen molar-refractivity contribution in [3.05, 3.63) is 63.6 Å². The fourth-order valence-electron chi connectivity index (χ4n) is 2.10. The predicted molar refractivity (Wildman–Crippen MR) is 91.6 cm³/mol. The number of hydrogen-bond acceptors (Lipinski definition) is 3. The lowest BCUT2D eigenvalue weighted by molar-refractivity contribution is 0.101. The molecule has 4 nitrogen and oxygen atoms in total. The van der Waals surface area contributed by atoms with Gasteiger partial charge in [-0.05, 0) is 43.7 Å². The molecule has 0 heterocycles. The number of carbonyl (C=O) groups excluding carboxylic acids is 1. The molecule has 1 atom stereocenters. The second-order valence-electron chi connectivity index (χ2n) is 5.09. The number of nitrogens with one attached hydrogen (secondary N) is 1. The van der Waals surface area contributed by atoms with Crippen molar-refractivity contribution in [1.29, 1.82) is 0 Å². The third-order valence-electron chi connectivity index (χ3n) is 3.31. The van der Waals surface area contributed by atoms with E-state index in [0.29, 0.717) is 21.2 Å². The molecule has 23 heavy (non-hydrogen) atoms. The molecule has 0 spiro atoms. The molecule has 0 aliphatic rings. The zero-order valence-corrected chi connectivity index (χ0v) is 14.8. The normalized spacial score (nSPS) is 12.9. The molecule has 0 aliphatic heterocycles. The maximum absolute atomic E-state index is 12.5. The SMILES string of the molecule is CC(=O)c1cccc(S(=O)(=O)N[C@@H](C)c2ccc(Cl)cc2Cl)c1. The van der Waals surface area contributed by atoms with Crippen molar-refractivity contribution < 1.29 is 13.2 Å². The van der Waals surface area contributed by atoms with Gasteiger partial charge >= 0.3 is 0 Å². The molecular formula is C16H15Cl2NO3S. The van der Waals surface area contributed by atoms with Crippen molar-refractivity contribution in [2.75, 3.05) is 0 Å². The highest BCUT2D eigenvalue weighted by Gasteiger charge is 2.20. The standard InChI is InChI=1S/C16H15Cl2NO3S/c1-10(15-7-6-13(17)9-16(15)18)19-23(21,22)14-5-3-4-12(8-14)11(2)20/h3-10,19H,1-2H3/t10-/m0/s1. The maximum atomic E-state index is 12.5. The van der Waals surface area contributed by atoms with Crippen LogP contribution in [0.3, 0.4) is 0 Å². The van der Waals surface area contributed by atoms with E-state index in [1.807, 2.05) is 0 Å². The number of hydrogen-bond donors (Lipinski definition) is 1.